The fourth-order valence-electron chi connectivity index (χ4n) is 1.46. The highest BCUT2D eigenvalue weighted by atomic mass is 35.5. The molecule has 0 saturated heterocycles. The van der Waals surface area contributed by atoms with E-state index in [9.17, 15) is 4.79 Å². The van der Waals surface area contributed by atoms with Crippen LogP contribution in [0, 0.1) is 0 Å². The fraction of sp³-hybridized carbons (Fsp3) is 0.462. The SMILES string of the molecule is CC(=O)CCCCOCc1cc(Cl)cc(Cl)c1. The fourth-order valence-corrected chi connectivity index (χ4v) is 2.03. The first-order chi connectivity index (χ1) is 8.08. The van der Waals surface area contributed by atoms with Gasteiger partial charge in [0.05, 0.1) is 6.61 Å². The van der Waals surface area contributed by atoms with Crippen LogP contribution in [0.2, 0.25) is 10.0 Å². The number of ketones is 1. The largest absolute Gasteiger partial charge is 0.377 e. The van der Waals surface area contributed by atoms with Crippen molar-refractivity contribution in [3.63, 3.8) is 0 Å². The van der Waals surface area contributed by atoms with Crippen LogP contribution in [0.5, 0.6) is 0 Å². The molecular weight excluding hydrogens is 259 g/mol. The van der Waals surface area contributed by atoms with Crippen LogP contribution < -0.4 is 0 Å². The van der Waals surface area contributed by atoms with Crippen molar-refractivity contribution >= 4 is 29.0 Å². The molecule has 0 radical (unpaired) electrons. The molecule has 17 heavy (non-hydrogen) atoms. The Labute approximate surface area is 112 Å². The molecule has 1 aromatic rings. The number of benzene rings is 1. The second kappa shape index (κ2) is 7.70. The monoisotopic (exact) mass is 274 g/mol. The summed E-state index contributed by atoms with van der Waals surface area (Å²) in [5.41, 5.74) is 0.967. The smallest absolute Gasteiger partial charge is 0.129 e. The second-order valence-corrected chi connectivity index (χ2v) is 4.86. The lowest BCUT2D eigenvalue weighted by Crippen LogP contribution is -1.97. The summed E-state index contributed by atoms with van der Waals surface area (Å²) in [5, 5.41) is 1.24. The van der Waals surface area contributed by atoms with Gasteiger partial charge in [0.2, 0.25) is 0 Å². The predicted molar refractivity (Wildman–Crippen MR) is 70.7 cm³/mol. The van der Waals surface area contributed by atoms with Gasteiger partial charge in [-0.1, -0.05) is 23.2 Å². The number of hydrogen-bond donors (Lipinski definition) is 0. The molecule has 0 aliphatic rings. The molecule has 0 amide bonds. The zero-order chi connectivity index (χ0) is 12.7. The summed E-state index contributed by atoms with van der Waals surface area (Å²) in [5.74, 6) is 0.228. The van der Waals surface area contributed by atoms with Crippen molar-refractivity contribution in [2.24, 2.45) is 0 Å². The number of carbonyl (C=O) groups is 1. The lowest BCUT2D eigenvalue weighted by atomic mass is 10.2. The normalized spacial score (nSPS) is 10.5. The van der Waals surface area contributed by atoms with Crippen molar-refractivity contribution in [2.75, 3.05) is 6.61 Å². The van der Waals surface area contributed by atoms with Gasteiger partial charge in [-0.15, -0.1) is 0 Å². The van der Waals surface area contributed by atoms with E-state index < -0.39 is 0 Å². The number of hydrogen-bond acceptors (Lipinski definition) is 2. The number of carbonyl (C=O) groups excluding carboxylic acids is 1. The minimum Gasteiger partial charge on any atom is -0.377 e. The molecule has 0 spiro atoms. The van der Waals surface area contributed by atoms with Crippen molar-refractivity contribution in [1.82, 2.24) is 0 Å². The van der Waals surface area contributed by atoms with Crippen molar-refractivity contribution < 1.29 is 9.53 Å². The maximum Gasteiger partial charge on any atom is 0.129 e. The van der Waals surface area contributed by atoms with Gasteiger partial charge in [0, 0.05) is 23.1 Å². The minimum absolute atomic E-state index is 0.228. The third-order valence-corrected chi connectivity index (χ3v) is 2.70. The van der Waals surface area contributed by atoms with E-state index in [2.05, 4.69) is 0 Å². The summed E-state index contributed by atoms with van der Waals surface area (Å²) in [7, 11) is 0. The summed E-state index contributed by atoms with van der Waals surface area (Å²) in [6.45, 7) is 2.76. The van der Waals surface area contributed by atoms with E-state index in [4.69, 9.17) is 27.9 Å². The second-order valence-electron chi connectivity index (χ2n) is 3.99. The van der Waals surface area contributed by atoms with Gasteiger partial charge in [-0.25, -0.2) is 0 Å². The average Bonchev–Trinajstić information content (AvgIpc) is 2.21. The molecule has 0 unspecified atom stereocenters. The maximum absolute atomic E-state index is 10.7. The van der Waals surface area contributed by atoms with Crippen LogP contribution in [0.25, 0.3) is 0 Å². The molecule has 2 nitrogen and oxygen atoms in total. The first-order valence-electron chi connectivity index (χ1n) is 5.60. The molecule has 0 atom stereocenters. The van der Waals surface area contributed by atoms with Crippen LogP contribution in [-0.2, 0) is 16.1 Å². The van der Waals surface area contributed by atoms with E-state index in [1.807, 2.05) is 12.1 Å². The molecular formula is C13H16Cl2O2. The Kier molecular flexibility index (Phi) is 6.56. The van der Waals surface area contributed by atoms with Crippen LogP contribution in [0.3, 0.4) is 0 Å². The number of halogens is 2. The molecule has 1 rings (SSSR count). The lowest BCUT2D eigenvalue weighted by molar-refractivity contribution is -0.117. The maximum atomic E-state index is 10.7. The van der Waals surface area contributed by atoms with Gasteiger partial charge in [0.15, 0.2) is 0 Å². The van der Waals surface area contributed by atoms with Crippen molar-refractivity contribution in [2.45, 2.75) is 32.8 Å². The minimum atomic E-state index is 0.228. The molecule has 0 fully saturated rings. The van der Waals surface area contributed by atoms with E-state index in [1.165, 1.54) is 0 Å². The third-order valence-electron chi connectivity index (χ3n) is 2.26. The van der Waals surface area contributed by atoms with E-state index in [-0.39, 0.29) is 5.78 Å². The zero-order valence-electron chi connectivity index (χ0n) is 9.84. The highest BCUT2D eigenvalue weighted by Gasteiger charge is 1.99. The molecule has 94 valence electrons. The van der Waals surface area contributed by atoms with Crippen LogP contribution in [-0.4, -0.2) is 12.4 Å². The summed E-state index contributed by atoms with van der Waals surface area (Å²) in [6, 6.07) is 5.37. The van der Waals surface area contributed by atoms with Crippen LogP contribution >= 0.6 is 23.2 Å². The van der Waals surface area contributed by atoms with Gasteiger partial charge in [-0.2, -0.15) is 0 Å². The Bertz CT molecular complexity index is 357. The van der Waals surface area contributed by atoms with E-state index >= 15 is 0 Å². The molecule has 4 heteroatoms. The Morgan fingerprint density at radius 3 is 2.41 bits per heavy atom. The standard InChI is InChI=1S/C13H16Cl2O2/c1-10(16)4-2-3-5-17-9-11-6-12(14)8-13(15)7-11/h6-8H,2-5,9H2,1H3. The van der Waals surface area contributed by atoms with Crippen molar-refractivity contribution in [3.8, 4) is 0 Å². The number of ether oxygens (including phenoxy) is 1. The van der Waals surface area contributed by atoms with Gasteiger partial charge in [0.25, 0.3) is 0 Å². The molecule has 0 saturated carbocycles. The zero-order valence-corrected chi connectivity index (χ0v) is 11.4. The Morgan fingerprint density at radius 1 is 1.18 bits per heavy atom. The lowest BCUT2D eigenvalue weighted by Gasteiger charge is -2.05. The molecule has 0 bridgehead atoms. The molecule has 1 aromatic carbocycles. The van der Waals surface area contributed by atoms with Crippen LogP contribution in [0.4, 0.5) is 0 Å². The molecule has 0 aliphatic heterocycles. The van der Waals surface area contributed by atoms with E-state index in [0.29, 0.717) is 29.7 Å². The summed E-state index contributed by atoms with van der Waals surface area (Å²) >= 11 is 11.7. The van der Waals surface area contributed by atoms with Crippen LogP contribution in [0.1, 0.15) is 31.7 Å². The number of rotatable bonds is 7. The average molecular weight is 275 g/mol. The highest BCUT2D eigenvalue weighted by molar-refractivity contribution is 6.34. The Balaban J connectivity index is 2.20. The van der Waals surface area contributed by atoms with Crippen LogP contribution in [0.15, 0.2) is 18.2 Å². The quantitative estimate of drug-likeness (QED) is 0.694. The van der Waals surface area contributed by atoms with Crippen molar-refractivity contribution in [3.05, 3.63) is 33.8 Å². The number of Topliss-reactive ketones (excluding diaryl/α,β-unsaturated/α-hetero) is 1. The first-order valence-corrected chi connectivity index (χ1v) is 6.35. The Hall–Kier alpha value is -0.570. The van der Waals surface area contributed by atoms with Gasteiger partial charge in [-0.3, -0.25) is 0 Å². The molecule has 0 N–H and O–H groups in total. The molecule has 0 heterocycles. The Morgan fingerprint density at radius 2 is 1.82 bits per heavy atom. The van der Waals surface area contributed by atoms with Gasteiger partial charge < -0.3 is 9.53 Å². The first kappa shape index (κ1) is 14.5. The summed E-state index contributed by atoms with van der Waals surface area (Å²) in [4.78, 5) is 10.7. The predicted octanol–water partition coefficient (Wildman–Crippen LogP) is 4.27. The van der Waals surface area contributed by atoms with Gasteiger partial charge in [0.1, 0.15) is 5.78 Å². The summed E-state index contributed by atoms with van der Waals surface area (Å²) in [6.07, 6.45) is 2.41. The molecule has 0 aliphatic carbocycles. The number of unbranched alkanes of at least 4 members (excludes halogenated alkanes) is 1. The summed E-state index contributed by atoms with van der Waals surface area (Å²) < 4.78 is 5.48. The van der Waals surface area contributed by atoms with E-state index in [0.717, 1.165) is 18.4 Å². The van der Waals surface area contributed by atoms with E-state index in [1.54, 1.807) is 13.0 Å². The van der Waals surface area contributed by atoms with Crippen molar-refractivity contribution in [1.29, 1.82) is 0 Å². The van der Waals surface area contributed by atoms with Gasteiger partial charge in [-0.05, 0) is 43.5 Å². The highest BCUT2D eigenvalue weighted by Crippen LogP contribution is 2.19. The third kappa shape index (κ3) is 6.67. The molecule has 0 aromatic heterocycles. The topological polar surface area (TPSA) is 26.3 Å². The van der Waals surface area contributed by atoms with Gasteiger partial charge >= 0.3 is 0 Å².